The van der Waals surface area contributed by atoms with Crippen LogP contribution in [0.1, 0.15) is 23.2 Å². The van der Waals surface area contributed by atoms with Crippen LogP contribution in [0.25, 0.3) is 0 Å². The van der Waals surface area contributed by atoms with Gasteiger partial charge in [0.15, 0.2) is 0 Å². The zero-order valence-electron chi connectivity index (χ0n) is 11.9. The van der Waals surface area contributed by atoms with E-state index in [1.807, 2.05) is 0 Å². The first kappa shape index (κ1) is 15.5. The number of hydrogen-bond acceptors (Lipinski definition) is 4. The van der Waals surface area contributed by atoms with Crippen LogP contribution >= 0.6 is 0 Å². The lowest BCUT2D eigenvalue weighted by Gasteiger charge is -2.21. The van der Waals surface area contributed by atoms with Crippen LogP contribution in [0.4, 0.5) is 5.69 Å². The quantitative estimate of drug-likeness (QED) is 0.630. The van der Waals surface area contributed by atoms with Crippen molar-refractivity contribution in [1.82, 2.24) is 10.6 Å². The molecule has 0 saturated carbocycles. The standard InChI is InChI=1S/C15H21N3O3/c19-10-9-17-14(20)11-1-3-13(4-2-11)18-15(21)12-5-7-16-8-6-12/h1-4,12,16,19H,5-10H2,(H,17,20)(H,18,21). The Kier molecular flexibility index (Phi) is 5.71. The third kappa shape index (κ3) is 4.54. The second-order valence-electron chi connectivity index (χ2n) is 5.07. The highest BCUT2D eigenvalue weighted by atomic mass is 16.3. The molecule has 6 heteroatoms. The molecule has 2 rings (SSSR count). The van der Waals surface area contributed by atoms with Crippen molar-refractivity contribution in [2.24, 2.45) is 5.92 Å². The first-order valence-electron chi connectivity index (χ1n) is 7.21. The molecule has 1 aliphatic heterocycles. The Labute approximate surface area is 123 Å². The van der Waals surface area contributed by atoms with Crippen LogP contribution in [0.3, 0.4) is 0 Å². The van der Waals surface area contributed by atoms with Crippen LogP contribution in [0.5, 0.6) is 0 Å². The summed E-state index contributed by atoms with van der Waals surface area (Å²) < 4.78 is 0. The van der Waals surface area contributed by atoms with Crippen LogP contribution in [0.15, 0.2) is 24.3 Å². The third-order valence-electron chi connectivity index (χ3n) is 3.52. The Morgan fingerprint density at radius 3 is 2.48 bits per heavy atom. The van der Waals surface area contributed by atoms with Gasteiger partial charge in [-0.15, -0.1) is 0 Å². The molecule has 0 radical (unpaired) electrons. The molecule has 0 aliphatic carbocycles. The topological polar surface area (TPSA) is 90.5 Å². The van der Waals surface area contributed by atoms with Crippen molar-refractivity contribution in [3.05, 3.63) is 29.8 Å². The first-order chi connectivity index (χ1) is 10.2. The van der Waals surface area contributed by atoms with E-state index in [0.717, 1.165) is 25.9 Å². The molecule has 0 bridgehead atoms. The highest BCUT2D eigenvalue weighted by Crippen LogP contribution is 2.16. The fourth-order valence-electron chi connectivity index (χ4n) is 2.30. The highest BCUT2D eigenvalue weighted by Gasteiger charge is 2.20. The average molecular weight is 291 g/mol. The molecule has 1 aliphatic rings. The van der Waals surface area contributed by atoms with E-state index in [-0.39, 0.29) is 30.9 Å². The molecule has 6 nitrogen and oxygen atoms in total. The van der Waals surface area contributed by atoms with Crippen molar-refractivity contribution >= 4 is 17.5 Å². The number of amides is 2. The molecule has 4 N–H and O–H groups in total. The van der Waals surface area contributed by atoms with Crippen molar-refractivity contribution in [3.63, 3.8) is 0 Å². The molecule has 1 saturated heterocycles. The van der Waals surface area contributed by atoms with Gasteiger partial charge in [-0.05, 0) is 50.2 Å². The SMILES string of the molecule is O=C(NCCO)c1ccc(NC(=O)C2CCNCC2)cc1. The van der Waals surface area contributed by atoms with Gasteiger partial charge in [0.25, 0.3) is 5.91 Å². The van der Waals surface area contributed by atoms with Crippen molar-refractivity contribution in [2.45, 2.75) is 12.8 Å². The maximum Gasteiger partial charge on any atom is 0.251 e. The normalized spacial score (nSPS) is 15.5. The number of carbonyl (C=O) groups is 2. The van der Waals surface area contributed by atoms with E-state index in [4.69, 9.17) is 5.11 Å². The molecule has 0 spiro atoms. The van der Waals surface area contributed by atoms with Crippen LogP contribution < -0.4 is 16.0 Å². The second-order valence-corrected chi connectivity index (χ2v) is 5.07. The third-order valence-corrected chi connectivity index (χ3v) is 3.52. The number of anilines is 1. The molecule has 1 aromatic rings. The fourth-order valence-corrected chi connectivity index (χ4v) is 2.30. The van der Waals surface area contributed by atoms with Gasteiger partial charge >= 0.3 is 0 Å². The van der Waals surface area contributed by atoms with E-state index >= 15 is 0 Å². The van der Waals surface area contributed by atoms with Crippen LogP contribution in [-0.2, 0) is 4.79 Å². The molecule has 1 heterocycles. The minimum absolute atomic E-state index is 0.0361. The van der Waals surface area contributed by atoms with Gasteiger partial charge < -0.3 is 21.1 Å². The van der Waals surface area contributed by atoms with Crippen molar-refractivity contribution in [2.75, 3.05) is 31.6 Å². The molecule has 2 amide bonds. The Morgan fingerprint density at radius 2 is 1.86 bits per heavy atom. The van der Waals surface area contributed by atoms with Gasteiger partial charge in [0.1, 0.15) is 0 Å². The van der Waals surface area contributed by atoms with Crippen LogP contribution in [0, 0.1) is 5.92 Å². The number of hydrogen-bond donors (Lipinski definition) is 4. The van der Waals surface area contributed by atoms with E-state index in [2.05, 4.69) is 16.0 Å². The lowest BCUT2D eigenvalue weighted by Crippen LogP contribution is -2.34. The molecular weight excluding hydrogens is 270 g/mol. The summed E-state index contributed by atoms with van der Waals surface area (Å²) in [5.41, 5.74) is 1.19. The summed E-state index contributed by atoms with van der Waals surface area (Å²) in [6.07, 6.45) is 1.71. The molecular formula is C15H21N3O3. The van der Waals surface area contributed by atoms with Crippen LogP contribution in [-0.4, -0.2) is 43.2 Å². The molecule has 0 atom stereocenters. The summed E-state index contributed by atoms with van der Waals surface area (Å²) in [7, 11) is 0. The summed E-state index contributed by atoms with van der Waals surface area (Å²) in [6.45, 7) is 1.90. The van der Waals surface area contributed by atoms with Gasteiger partial charge in [0, 0.05) is 23.7 Å². The van der Waals surface area contributed by atoms with Crippen molar-refractivity contribution in [3.8, 4) is 0 Å². The lowest BCUT2D eigenvalue weighted by molar-refractivity contribution is -0.120. The minimum atomic E-state index is -0.236. The Bertz CT molecular complexity index is 481. The highest BCUT2D eigenvalue weighted by molar-refractivity contribution is 5.96. The monoisotopic (exact) mass is 291 g/mol. The molecule has 0 aromatic heterocycles. The zero-order chi connectivity index (χ0) is 15.1. The number of aliphatic hydroxyl groups is 1. The van der Waals surface area contributed by atoms with Gasteiger partial charge in [-0.2, -0.15) is 0 Å². The summed E-state index contributed by atoms with van der Waals surface area (Å²) in [6, 6.07) is 6.75. The fraction of sp³-hybridized carbons (Fsp3) is 0.467. The predicted octanol–water partition coefficient (Wildman–Crippen LogP) is 0.347. The molecule has 21 heavy (non-hydrogen) atoms. The lowest BCUT2D eigenvalue weighted by atomic mass is 9.97. The number of aliphatic hydroxyl groups excluding tert-OH is 1. The number of nitrogens with one attached hydrogen (secondary N) is 3. The average Bonchev–Trinajstić information content (AvgIpc) is 2.54. The van der Waals surface area contributed by atoms with Gasteiger partial charge in [-0.25, -0.2) is 0 Å². The van der Waals surface area contributed by atoms with Gasteiger partial charge in [-0.1, -0.05) is 0 Å². The van der Waals surface area contributed by atoms with E-state index < -0.39 is 0 Å². The van der Waals surface area contributed by atoms with Gasteiger partial charge in [-0.3, -0.25) is 9.59 Å². The molecule has 0 unspecified atom stereocenters. The Morgan fingerprint density at radius 1 is 1.19 bits per heavy atom. The van der Waals surface area contributed by atoms with E-state index in [9.17, 15) is 9.59 Å². The first-order valence-corrected chi connectivity index (χ1v) is 7.21. The van der Waals surface area contributed by atoms with E-state index in [0.29, 0.717) is 11.3 Å². The van der Waals surface area contributed by atoms with Crippen molar-refractivity contribution in [1.29, 1.82) is 0 Å². The van der Waals surface area contributed by atoms with Gasteiger partial charge in [0.05, 0.1) is 6.61 Å². The summed E-state index contributed by atoms with van der Waals surface area (Å²) in [5, 5.41) is 17.4. The number of carbonyl (C=O) groups excluding carboxylic acids is 2. The largest absolute Gasteiger partial charge is 0.395 e. The Balaban J connectivity index is 1.89. The van der Waals surface area contributed by atoms with Crippen LogP contribution in [0.2, 0.25) is 0 Å². The number of benzene rings is 1. The smallest absolute Gasteiger partial charge is 0.251 e. The Hall–Kier alpha value is -1.92. The van der Waals surface area contributed by atoms with E-state index in [1.54, 1.807) is 24.3 Å². The summed E-state index contributed by atoms with van der Waals surface area (Å²) in [5.74, 6) is -0.145. The zero-order valence-corrected chi connectivity index (χ0v) is 11.9. The van der Waals surface area contributed by atoms with Crippen molar-refractivity contribution < 1.29 is 14.7 Å². The second kappa shape index (κ2) is 7.75. The number of rotatable bonds is 5. The predicted molar refractivity (Wildman–Crippen MR) is 80.1 cm³/mol. The maximum absolute atomic E-state index is 12.1. The maximum atomic E-state index is 12.1. The molecule has 1 aromatic carbocycles. The number of piperidine rings is 1. The molecule has 114 valence electrons. The minimum Gasteiger partial charge on any atom is -0.395 e. The van der Waals surface area contributed by atoms with E-state index in [1.165, 1.54) is 0 Å². The van der Waals surface area contributed by atoms with Gasteiger partial charge in [0.2, 0.25) is 5.91 Å². The molecule has 1 fully saturated rings. The summed E-state index contributed by atoms with van der Waals surface area (Å²) >= 11 is 0. The summed E-state index contributed by atoms with van der Waals surface area (Å²) in [4.78, 5) is 23.7.